The Kier molecular flexibility index (Phi) is 6.41. The maximum atomic E-state index is 13.6. The Hall–Kier alpha value is -4.40. The van der Waals surface area contributed by atoms with Gasteiger partial charge in [0.1, 0.15) is 39.2 Å². The van der Waals surface area contributed by atoms with Gasteiger partial charge in [-0.2, -0.15) is 18.3 Å². The summed E-state index contributed by atoms with van der Waals surface area (Å²) in [6, 6.07) is 5.31. The smallest absolute Gasteiger partial charge is 0.365 e. The number of amides is 2. The summed E-state index contributed by atoms with van der Waals surface area (Å²) in [5.74, 6) is -2.44. The highest BCUT2D eigenvalue weighted by atomic mass is 32.1. The number of anilines is 1. The highest BCUT2D eigenvalue weighted by molar-refractivity contribution is 7.21. The van der Waals surface area contributed by atoms with Crippen LogP contribution in [-0.4, -0.2) is 31.5 Å². The summed E-state index contributed by atoms with van der Waals surface area (Å²) >= 11 is 0.550. The lowest BCUT2D eigenvalue weighted by molar-refractivity contribution is -0.386. The van der Waals surface area contributed by atoms with Gasteiger partial charge in [0.25, 0.3) is 5.91 Å². The number of halogens is 4. The molecule has 4 aromatic rings. The number of nitro groups is 1. The molecular formula is C22H16F4N6O4S. The van der Waals surface area contributed by atoms with Crippen LogP contribution in [0, 0.1) is 29.8 Å². The number of fused-ring (bicyclic) bond motifs is 1. The molecule has 192 valence electrons. The summed E-state index contributed by atoms with van der Waals surface area (Å²) in [7, 11) is 0. The molecule has 0 saturated heterocycles. The molecule has 4 rings (SSSR count). The third-order valence-electron chi connectivity index (χ3n) is 5.42. The molecule has 0 saturated carbocycles. The Bertz CT molecular complexity index is 1580. The topological polar surface area (TPSA) is 146 Å². The first-order valence-corrected chi connectivity index (χ1v) is 11.2. The molecule has 3 aromatic heterocycles. The monoisotopic (exact) mass is 536 g/mol. The van der Waals surface area contributed by atoms with Gasteiger partial charge in [-0.3, -0.25) is 24.4 Å². The third kappa shape index (κ3) is 4.84. The van der Waals surface area contributed by atoms with Crippen molar-refractivity contribution in [2.45, 2.75) is 26.6 Å². The van der Waals surface area contributed by atoms with Crippen molar-refractivity contribution < 1.29 is 32.1 Å². The number of pyridine rings is 1. The van der Waals surface area contributed by atoms with Crippen LogP contribution in [0.25, 0.3) is 21.3 Å². The number of benzene rings is 1. The zero-order chi connectivity index (χ0) is 27.2. The average Bonchev–Trinajstić information content (AvgIpc) is 3.29. The van der Waals surface area contributed by atoms with E-state index >= 15 is 0 Å². The molecule has 0 bridgehead atoms. The van der Waals surface area contributed by atoms with Crippen LogP contribution < -0.4 is 11.1 Å². The number of alkyl halides is 3. The van der Waals surface area contributed by atoms with Gasteiger partial charge >= 0.3 is 11.9 Å². The predicted molar refractivity (Wildman–Crippen MR) is 126 cm³/mol. The minimum Gasteiger partial charge on any atom is -0.365 e. The molecule has 37 heavy (non-hydrogen) atoms. The number of hydrogen-bond acceptors (Lipinski definition) is 7. The molecule has 15 heteroatoms. The summed E-state index contributed by atoms with van der Waals surface area (Å²) in [6.07, 6.45) is -4.84. The molecule has 0 fully saturated rings. The minimum absolute atomic E-state index is 0.00823. The van der Waals surface area contributed by atoms with Gasteiger partial charge in [-0.05, 0) is 43.2 Å². The number of primary amides is 1. The molecule has 1 aromatic carbocycles. The SMILES string of the molecule is Cc1nn(CC(=O)Nc2c(C(N)=O)sc3nc(C(F)(F)F)cc(-c4ccc(F)cc4)c23)c(C)c1[N+](=O)[O-]. The first kappa shape index (κ1) is 25.7. The van der Waals surface area contributed by atoms with Crippen LogP contribution >= 0.6 is 11.3 Å². The fourth-order valence-corrected chi connectivity index (χ4v) is 4.82. The molecule has 0 radical (unpaired) electrons. The zero-order valence-corrected chi connectivity index (χ0v) is 19.8. The number of rotatable bonds is 6. The predicted octanol–water partition coefficient (Wildman–Crippen LogP) is 4.58. The van der Waals surface area contributed by atoms with E-state index in [0.29, 0.717) is 11.3 Å². The van der Waals surface area contributed by atoms with Gasteiger partial charge in [-0.1, -0.05) is 12.1 Å². The van der Waals surface area contributed by atoms with Crippen molar-refractivity contribution in [2.75, 3.05) is 5.32 Å². The molecule has 0 aliphatic heterocycles. The lowest BCUT2D eigenvalue weighted by atomic mass is 10.0. The summed E-state index contributed by atoms with van der Waals surface area (Å²) in [6.45, 7) is 2.29. The number of carbonyl (C=O) groups is 2. The molecule has 0 atom stereocenters. The molecule has 0 aliphatic rings. The van der Waals surface area contributed by atoms with Crippen molar-refractivity contribution in [3.8, 4) is 11.1 Å². The van der Waals surface area contributed by atoms with E-state index in [0.717, 1.165) is 22.9 Å². The number of nitrogens with zero attached hydrogens (tertiary/aromatic N) is 4. The fraction of sp³-hybridized carbons (Fsp3) is 0.182. The van der Waals surface area contributed by atoms with Gasteiger partial charge in [0, 0.05) is 5.39 Å². The Morgan fingerprint density at radius 2 is 1.86 bits per heavy atom. The second-order valence-electron chi connectivity index (χ2n) is 7.89. The lowest BCUT2D eigenvalue weighted by Crippen LogP contribution is -2.22. The molecule has 10 nitrogen and oxygen atoms in total. The zero-order valence-electron chi connectivity index (χ0n) is 19.0. The standard InChI is InChI=1S/C22H16F4N6O4S/c1-9-18(32(35)36)10(2)31(30-9)8-15(33)29-17-16-13(11-3-5-12(23)6-4-11)7-14(22(24,25)26)28-21(16)37-19(17)20(27)34/h3-7H,8H2,1-2H3,(H2,27,34)(H,29,33). The van der Waals surface area contributed by atoms with E-state index in [-0.39, 0.29) is 49.0 Å². The van der Waals surface area contributed by atoms with Crippen LogP contribution in [0.3, 0.4) is 0 Å². The van der Waals surface area contributed by atoms with Crippen molar-refractivity contribution in [1.29, 1.82) is 0 Å². The maximum absolute atomic E-state index is 13.6. The van der Waals surface area contributed by atoms with E-state index in [1.165, 1.54) is 26.0 Å². The van der Waals surface area contributed by atoms with Crippen LogP contribution in [0.2, 0.25) is 0 Å². The quantitative estimate of drug-likeness (QED) is 0.210. The van der Waals surface area contributed by atoms with Gasteiger partial charge < -0.3 is 11.1 Å². The Morgan fingerprint density at radius 1 is 1.22 bits per heavy atom. The second kappa shape index (κ2) is 9.24. The molecule has 3 N–H and O–H groups in total. The van der Waals surface area contributed by atoms with Crippen LogP contribution in [-0.2, 0) is 17.5 Å². The van der Waals surface area contributed by atoms with E-state index in [9.17, 15) is 37.3 Å². The van der Waals surface area contributed by atoms with Crippen LogP contribution in [0.4, 0.5) is 28.9 Å². The first-order valence-electron chi connectivity index (χ1n) is 10.4. The van der Waals surface area contributed by atoms with E-state index in [4.69, 9.17) is 5.73 Å². The van der Waals surface area contributed by atoms with Crippen LogP contribution in [0.5, 0.6) is 0 Å². The molecular weight excluding hydrogens is 520 g/mol. The van der Waals surface area contributed by atoms with Crippen molar-refractivity contribution in [3.05, 3.63) is 68.2 Å². The van der Waals surface area contributed by atoms with E-state index in [1.54, 1.807) is 0 Å². The van der Waals surface area contributed by atoms with E-state index < -0.39 is 41.0 Å². The number of nitrogens with one attached hydrogen (secondary N) is 1. The maximum Gasteiger partial charge on any atom is 0.433 e. The van der Waals surface area contributed by atoms with E-state index in [1.807, 2.05) is 0 Å². The average molecular weight is 536 g/mol. The highest BCUT2D eigenvalue weighted by Crippen LogP contribution is 2.43. The summed E-state index contributed by atoms with van der Waals surface area (Å²) in [5, 5.41) is 17.7. The number of thiophene rings is 1. The largest absolute Gasteiger partial charge is 0.433 e. The van der Waals surface area contributed by atoms with Gasteiger partial charge in [0.05, 0.1) is 10.6 Å². The first-order chi connectivity index (χ1) is 17.3. The number of hydrogen-bond donors (Lipinski definition) is 2. The second-order valence-corrected chi connectivity index (χ2v) is 8.89. The third-order valence-corrected chi connectivity index (χ3v) is 6.51. The summed E-state index contributed by atoms with van der Waals surface area (Å²) in [4.78, 5) is 38.8. The number of nitrogens with two attached hydrogens (primary N) is 1. The van der Waals surface area contributed by atoms with Gasteiger partial charge in [-0.15, -0.1) is 11.3 Å². The van der Waals surface area contributed by atoms with Crippen molar-refractivity contribution in [1.82, 2.24) is 14.8 Å². The van der Waals surface area contributed by atoms with E-state index in [2.05, 4.69) is 15.4 Å². The van der Waals surface area contributed by atoms with Gasteiger partial charge in [-0.25, -0.2) is 9.37 Å². The minimum atomic E-state index is -4.84. The fourth-order valence-electron chi connectivity index (χ4n) is 3.81. The van der Waals surface area contributed by atoms with Crippen LogP contribution in [0.1, 0.15) is 26.8 Å². The highest BCUT2D eigenvalue weighted by Gasteiger charge is 2.35. The number of aryl methyl sites for hydroxylation is 1. The number of aromatic nitrogens is 3. The van der Waals surface area contributed by atoms with Gasteiger partial charge in [0.15, 0.2) is 0 Å². The van der Waals surface area contributed by atoms with Crippen molar-refractivity contribution >= 4 is 44.7 Å². The number of carbonyl (C=O) groups excluding carboxylic acids is 2. The molecule has 0 unspecified atom stereocenters. The molecule has 0 spiro atoms. The molecule has 0 aliphatic carbocycles. The van der Waals surface area contributed by atoms with Gasteiger partial charge in [0.2, 0.25) is 5.91 Å². The summed E-state index contributed by atoms with van der Waals surface area (Å²) in [5.41, 5.74) is 4.01. The van der Waals surface area contributed by atoms with Crippen molar-refractivity contribution in [2.24, 2.45) is 5.73 Å². The Labute approximate surface area is 208 Å². The lowest BCUT2D eigenvalue weighted by Gasteiger charge is -2.12. The summed E-state index contributed by atoms with van der Waals surface area (Å²) < 4.78 is 55.4. The molecule has 3 heterocycles. The molecule has 2 amide bonds. The Balaban J connectivity index is 1.86. The Morgan fingerprint density at radius 3 is 2.41 bits per heavy atom. The normalized spacial score (nSPS) is 11.6. The van der Waals surface area contributed by atoms with Crippen LogP contribution in [0.15, 0.2) is 30.3 Å². The van der Waals surface area contributed by atoms with Crippen molar-refractivity contribution in [3.63, 3.8) is 0 Å².